The lowest BCUT2D eigenvalue weighted by molar-refractivity contribution is -0.143. The highest BCUT2D eigenvalue weighted by Gasteiger charge is 2.37. The van der Waals surface area contributed by atoms with Crippen LogP contribution in [-0.4, -0.2) is 137 Å². The Morgan fingerprint density at radius 2 is 0.649 bits per heavy atom. The third-order valence-electron chi connectivity index (χ3n) is 26.7. The normalized spacial score (nSPS) is 18.9. The van der Waals surface area contributed by atoms with Crippen molar-refractivity contribution < 1.29 is 38.9 Å². The van der Waals surface area contributed by atoms with Crippen molar-refractivity contribution in [2.45, 2.75) is 175 Å². The van der Waals surface area contributed by atoms with Crippen molar-refractivity contribution >= 4 is 140 Å². The van der Waals surface area contributed by atoms with Gasteiger partial charge in [-0.2, -0.15) is 20.4 Å². The summed E-state index contributed by atoms with van der Waals surface area (Å²) in [6.07, 6.45) is 19.7. The van der Waals surface area contributed by atoms with Crippen LogP contribution in [0.15, 0.2) is 175 Å². The van der Waals surface area contributed by atoms with E-state index < -0.39 is 17.9 Å². The summed E-state index contributed by atoms with van der Waals surface area (Å²) >= 11 is 9.68. The summed E-state index contributed by atoms with van der Waals surface area (Å²) in [7, 11) is 0. The van der Waals surface area contributed by atoms with Gasteiger partial charge in [-0.3, -0.25) is 19.2 Å². The van der Waals surface area contributed by atoms with Crippen molar-refractivity contribution in [2.75, 3.05) is 22.9 Å². The second-order valence-corrected chi connectivity index (χ2v) is 35.9. The van der Waals surface area contributed by atoms with Gasteiger partial charge in [0.2, 0.25) is 5.91 Å². The zero-order valence-electron chi connectivity index (χ0n) is 70.2. The van der Waals surface area contributed by atoms with Gasteiger partial charge < -0.3 is 63.9 Å². The molecular formula is C99H106BrClFN25O7. The number of carbonyl (C=O) groups excluding carboxylic acids is 1. The monoisotopic (exact) mass is 1890 g/mol. The molecule has 23 rings (SSSR count). The van der Waals surface area contributed by atoms with Crippen molar-refractivity contribution in [1.82, 2.24) is 98.3 Å². The maximum atomic E-state index is 13.5. The first-order chi connectivity index (χ1) is 63.1. The zero-order chi connectivity index (χ0) is 89.4. The van der Waals surface area contributed by atoms with Crippen LogP contribution < -0.4 is 28.7 Å². The molecule has 0 saturated heterocycles. The summed E-state index contributed by atoms with van der Waals surface area (Å²) in [4.78, 5) is 96.5. The first kappa shape index (κ1) is 92.7. The van der Waals surface area contributed by atoms with Crippen molar-refractivity contribution in [3.8, 4) is 67.8 Å². The van der Waals surface area contributed by atoms with Crippen LogP contribution in [0.25, 0.3) is 133 Å². The fourth-order valence-electron chi connectivity index (χ4n) is 19.7. The highest BCUT2D eigenvalue weighted by molar-refractivity contribution is 9.10. The van der Waals surface area contributed by atoms with Crippen molar-refractivity contribution in [3.63, 3.8) is 0 Å². The molecule has 5 aliphatic carbocycles. The second kappa shape index (κ2) is 38.3. The molecule has 5 fully saturated rings. The van der Waals surface area contributed by atoms with Crippen LogP contribution >= 0.6 is 27.5 Å². The van der Waals surface area contributed by atoms with E-state index >= 15 is 0 Å². The number of fused-ring (bicyclic) bond motifs is 8. The van der Waals surface area contributed by atoms with Gasteiger partial charge in [-0.25, -0.2) is 62.3 Å². The Balaban J connectivity index is 0.000000129. The average Bonchev–Trinajstić information content (AvgIpc) is 1.60. The SMILES string of the molecule is C.C.C.C.NC(=O)C1CCC(c2nc(-c3cc4cccc(Br)c4[nH]3)c3c(N)ncnn23)CC1.Nc1ncnn2c(C3CCC(C(=O)O)CC3)nc(-c3cc4cccc(-c5ccc(Cl)cc5)c4[nH]3)c12.Nc1ncnn2c(C3CCC(C(=O)O)CC3)nc(-c3cc4cccc(-c5ccc(F)cc5)c4[nH]3)c12.Nc1ncnn2c(C3CCC(C(=O)O)CC3)nc(-c3cc4cccc(C5CC5)c4[nH]3)c12. The number of halogens is 3. The standard InChI is InChI=1S/C26H23ClN6O2.C26H23FN6O2.C23H24N6O2.C20H20BrN7O.4CH4/c2*27-18-10-8-14(9-11-18)19-3-1-2-17-12-20(31-21(17)19)22-23-24(28)29-13-30-33(23)25(32-22)15-4-6-16(7-5-15)26(34)35;24-21-20-19(17-10-15-2-1-3-16(12-4-5-12)18(15)27-17)28-22(29(20)26-11-25-21)13-6-8-14(9-7-13)23(30)31;21-13-3-1-2-12-8-14(26-15(12)13)16-17-18(22)24-9-25-28(17)20(27-16)11-6-4-10(5-7-11)19(23)29;;;;/h2*1-3,8-13,15-16,31H,4-7H2,(H,34,35)(H2,28,29,30);1-3,10-14,27H,4-9H2,(H,30,31)(H2,24,25,26);1-3,8-11,26H,4-7H2,(H2,23,29)(H2,22,24,25);4*1H4. The number of H-pyrrole nitrogens is 4. The van der Waals surface area contributed by atoms with Gasteiger partial charge in [-0.1, -0.05) is 132 Å². The van der Waals surface area contributed by atoms with Crippen LogP contribution in [0.2, 0.25) is 5.02 Å². The molecule has 0 bridgehead atoms. The number of hydrogen-bond acceptors (Lipinski definition) is 20. The Hall–Kier alpha value is -14.5. The van der Waals surface area contributed by atoms with E-state index in [1.54, 1.807) is 30.2 Å². The van der Waals surface area contributed by atoms with Gasteiger partial charge >= 0.3 is 17.9 Å². The molecule has 0 unspecified atom stereocenters. The number of amides is 1. The number of nitrogens with zero attached hydrogens (tertiary/aromatic N) is 16. The minimum Gasteiger partial charge on any atom is -0.481 e. The molecule has 1 amide bonds. The number of imidazole rings is 4. The molecule has 32 nitrogen and oxygen atoms in total. The molecule has 12 heterocycles. The van der Waals surface area contributed by atoms with Crippen LogP contribution in [0.1, 0.15) is 204 Å². The van der Waals surface area contributed by atoms with Crippen LogP contribution in [0.3, 0.4) is 0 Å². The number of aliphatic carboxylic acids is 3. The number of para-hydroxylation sites is 4. The first-order valence-electron chi connectivity index (χ1n) is 43.7. The Bertz CT molecular complexity index is 7190. The number of primary amides is 1. The molecule has 18 aromatic rings. The molecular weight excluding hydrogens is 1790 g/mol. The molecule has 0 atom stereocenters. The predicted molar refractivity (Wildman–Crippen MR) is 523 cm³/mol. The topological polar surface area (TPSA) is 495 Å². The number of nitrogens with one attached hydrogen (secondary N) is 4. The summed E-state index contributed by atoms with van der Waals surface area (Å²) in [5.41, 5.74) is 48.9. The lowest BCUT2D eigenvalue weighted by Crippen LogP contribution is -2.27. The summed E-state index contributed by atoms with van der Waals surface area (Å²) in [5, 5.41) is 50.8. The molecule has 5 aliphatic rings. The minimum atomic E-state index is -0.737. The molecule has 690 valence electrons. The molecule has 6 aromatic carbocycles. The van der Waals surface area contributed by atoms with Gasteiger partial charge in [0.05, 0.1) is 57.1 Å². The second-order valence-electron chi connectivity index (χ2n) is 34.6. The molecule has 0 radical (unpaired) electrons. The quantitative estimate of drug-likeness (QED) is 0.0453. The van der Waals surface area contributed by atoms with Crippen LogP contribution in [0, 0.1) is 29.5 Å². The fourth-order valence-corrected chi connectivity index (χ4v) is 20.4. The Labute approximate surface area is 782 Å². The predicted octanol–water partition coefficient (Wildman–Crippen LogP) is 20.6. The van der Waals surface area contributed by atoms with Crippen LogP contribution in [0.5, 0.6) is 0 Å². The summed E-state index contributed by atoms with van der Waals surface area (Å²) in [6, 6.07) is 47.0. The summed E-state index contributed by atoms with van der Waals surface area (Å²) in [6.45, 7) is 0. The number of nitrogen functional groups attached to an aromatic ring is 4. The van der Waals surface area contributed by atoms with Crippen molar-refractivity contribution in [1.29, 1.82) is 0 Å². The van der Waals surface area contributed by atoms with E-state index in [0.717, 1.165) is 181 Å². The van der Waals surface area contributed by atoms with Crippen LogP contribution in [-0.2, 0) is 19.2 Å². The number of carbonyl (C=O) groups is 4. The Morgan fingerprint density at radius 1 is 0.366 bits per heavy atom. The average molecular weight is 1890 g/mol. The van der Waals surface area contributed by atoms with E-state index in [9.17, 15) is 38.9 Å². The molecule has 35 heteroatoms. The molecule has 0 spiro atoms. The van der Waals surface area contributed by atoms with E-state index in [1.807, 2.05) is 72.8 Å². The van der Waals surface area contributed by atoms with E-state index in [0.29, 0.717) is 106 Å². The number of hydrogen-bond donors (Lipinski definition) is 12. The number of aromatic nitrogens is 20. The number of carboxylic acids is 3. The number of anilines is 4. The van der Waals surface area contributed by atoms with Gasteiger partial charge in [0.15, 0.2) is 23.3 Å². The Kier molecular flexibility index (Phi) is 26.5. The number of rotatable bonds is 15. The van der Waals surface area contributed by atoms with Gasteiger partial charge in [-0.05, 0) is 209 Å². The molecule has 17 N–H and O–H groups in total. The molecule has 134 heavy (non-hydrogen) atoms. The van der Waals surface area contributed by atoms with Gasteiger partial charge in [0.1, 0.15) is 99.3 Å². The van der Waals surface area contributed by atoms with Crippen LogP contribution in [0.4, 0.5) is 27.7 Å². The van der Waals surface area contributed by atoms with Gasteiger partial charge in [0, 0.05) is 77.3 Å². The van der Waals surface area contributed by atoms with Gasteiger partial charge in [0.25, 0.3) is 0 Å². The first-order valence-corrected chi connectivity index (χ1v) is 44.9. The lowest BCUT2D eigenvalue weighted by atomic mass is 9.81. The number of benzene rings is 6. The van der Waals surface area contributed by atoms with E-state index in [-0.39, 0.29) is 88.8 Å². The van der Waals surface area contributed by atoms with E-state index in [1.165, 1.54) is 66.8 Å². The zero-order valence-corrected chi connectivity index (χ0v) is 72.6. The minimum absolute atomic E-state index is 0. The summed E-state index contributed by atoms with van der Waals surface area (Å²) in [5.74, 6) is 2.30. The largest absolute Gasteiger partial charge is 0.481 e. The van der Waals surface area contributed by atoms with Crippen molar-refractivity contribution in [3.05, 3.63) is 215 Å². The number of carboxylic acid groups (broad SMARTS) is 3. The summed E-state index contributed by atoms with van der Waals surface area (Å²) < 4.78 is 21.6. The highest BCUT2D eigenvalue weighted by atomic mass is 79.9. The maximum absolute atomic E-state index is 13.5. The molecule has 0 aliphatic heterocycles. The third-order valence-corrected chi connectivity index (χ3v) is 27.6. The molecule has 5 saturated carbocycles. The fraction of sp³-hybridized carbons (Fsp3) is 0.313. The third kappa shape index (κ3) is 17.6. The van der Waals surface area contributed by atoms with Gasteiger partial charge in [-0.15, -0.1) is 0 Å². The number of aromatic amines is 4. The number of nitrogens with two attached hydrogens (primary N) is 5. The maximum Gasteiger partial charge on any atom is 0.306 e. The highest BCUT2D eigenvalue weighted by Crippen LogP contribution is 2.48. The smallest absolute Gasteiger partial charge is 0.306 e. The lowest BCUT2D eigenvalue weighted by Gasteiger charge is -2.25. The molecule has 12 aromatic heterocycles. The van der Waals surface area contributed by atoms with E-state index in [2.05, 4.69) is 125 Å². The van der Waals surface area contributed by atoms with Crippen molar-refractivity contribution in [2.24, 2.45) is 29.4 Å². The Morgan fingerprint density at radius 3 is 0.970 bits per heavy atom. The van der Waals surface area contributed by atoms with E-state index in [4.69, 9.17) is 60.2 Å².